The van der Waals surface area contributed by atoms with Crippen LogP contribution in [0.15, 0.2) is 53.7 Å². The second-order valence-electron chi connectivity index (χ2n) is 7.35. The zero-order valence-electron chi connectivity index (χ0n) is 18.0. The normalized spacial score (nSPS) is 13.0. The van der Waals surface area contributed by atoms with E-state index in [1.807, 2.05) is 74.9 Å². The average molecular weight is 425 g/mol. The molecular weight excluding hydrogens is 396 g/mol. The first-order chi connectivity index (χ1) is 14.4. The maximum Gasteiger partial charge on any atom is 0.230 e. The molecule has 0 aliphatic heterocycles. The summed E-state index contributed by atoms with van der Waals surface area (Å²) in [5, 5.41) is 12.2. The van der Waals surface area contributed by atoms with Crippen molar-refractivity contribution in [2.75, 3.05) is 5.75 Å². The van der Waals surface area contributed by atoms with Crippen molar-refractivity contribution in [3.05, 3.63) is 71.0 Å². The number of nitrogens with one attached hydrogen (secondary N) is 1. The lowest BCUT2D eigenvalue weighted by Crippen LogP contribution is -2.28. The van der Waals surface area contributed by atoms with E-state index in [4.69, 9.17) is 4.74 Å². The molecule has 0 fully saturated rings. The van der Waals surface area contributed by atoms with Gasteiger partial charge < -0.3 is 14.6 Å². The first-order valence-electron chi connectivity index (χ1n) is 9.96. The highest BCUT2D eigenvalue weighted by Gasteiger charge is 2.19. The number of thioether (sulfide) groups is 1. The molecule has 7 heteroatoms. The van der Waals surface area contributed by atoms with Gasteiger partial charge in [-0.3, -0.25) is 4.79 Å². The maximum absolute atomic E-state index is 12.3. The molecule has 0 aliphatic rings. The van der Waals surface area contributed by atoms with Crippen LogP contribution in [-0.4, -0.2) is 26.4 Å². The molecule has 2 aromatic carbocycles. The van der Waals surface area contributed by atoms with Gasteiger partial charge in [0.25, 0.3) is 0 Å². The van der Waals surface area contributed by atoms with Crippen LogP contribution in [0.3, 0.4) is 0 Å². The molecule has 1 aromatic heterocycles. The van der Waals surface area contributed by atoms with Gasteiger partial charge in [0.1, 0.15) is 5.75 Å². The number of benzene rings is 2. The van der Waals surface area contributed by atoms with E-state index >= 15 is 0 Å². The molecule has 0 radical (unpaired) electrons. The topological polar surface area (TPSA) is 69.0 Å². The number of carbonyl (C=O) groups excluding carboxylic acids is 1. The molecule has 0 saturated heterocycles. The highest BCUT2D eigenvalue weighted by Crippen LogP contribution is 2.27. The molecule has 6 nitrogen and oxygen atoms in total. The Hall–Kier alpha value is -2.80. The summed E-state index contributed by atoms with van der Waals surface area (Å²) in [4.78, 5) is 12.3. The summed E-state index contributed by atoms with van der Waals surface area (Å²) >= 11 is 1.36. The van der Waals surface area contributed by atoms with E-state index in [2.05, 4.69) is 28.5 Å². The Morgan fingerprint density at radius 2 is 1.83 bits per heavy atom. The lowest BCUT2D eigenvalue weighted by atomic mass is 10.1. The van der Waals surface area contributed by atoms with E-state index in [0.717, 1.165) is 22.7 Å². The fourth-order valence-electron chi connectivity index (χ4n) is 3.14. The second-order valence-corrected chi connectivity index (χ2v) is 8.29. The number of rotatable bonds is 8. The minimum absolute atomic E-state index is 0.0411. The Kier molecular flexibility index (Phi) is 7.15. The minimum atomic E-state index is -0.260. The number of hydrogen-bond donors (Lipinski definition) is 1. The molecule has 0 saturated carbocycles. The van der Waals surface area contributed by atoms with Gasteiger partial charge in [0.05, 0.1) is 11.8 Å². The molecule has 30 heavy (non-hydrogen) atoms. The predicted molar refractivity (Wildman–Crippen MR) is 120 cm³/mol. The zero-order valence-corrected chi connectivity index (χ0v) is 18.9. The molecule has 158 valence electrons. The number of nitrogens with zero attached hydrogens (tertiary/aromatic N) is 3. The summed E-state index contributed by atoms with van der Waals surface area (Å²) in [6.07, 6.45) is -0.260. The van der Waals surface area contributed by atoms with Crippen molar-refractivity contribution in [1.82, 2.24) is 20.1 Å². The Balaban J connectivity index is 1.58. The molecule has 2 unspecified atom stereocenters. The molecule has 0 aliphatic carbocycles. The summed E-state index contributed by atoms with van der Waals surface area (Å²) < 4.78 is 8.00. The molecule has 3 aromatic rings. The van der Waals surface area contributed by atoms with E-state index in [-0.39, 0.29) is 23.8 Å². The lowest BCUT2D eigenvalue weighted by molar-refractivity contribution is -0.119. The van der Waals surface area contributed by atoms with E-state index in [0.29, 0.717) is 5.16 Å². The van der Waals surface area contributed by atoms with Crippen molar-refractivity contribution in [3.8, 4) is 5.75 Å². The van der Waals surface area contributed by atoms with Crippen molar-refractivity contribution in [1.29, 1.82) is 0 Å². The highest BCUT2D eigenvalue weighted by atomic mass is 32.2. The number of ether oxygens (including phenoxy) is 1. The number of carbonyl (C=O) groups is 1. The smallest absolute Gasteiger partial charge is 0.230 e. The van der Waals surface area contributed by atoms with Crippen LogP contribution >= 0.6 is 11.8 Å². The van der Waals surface area contributed by atoms with Gasteiger partial charge in [0, 0.05) is 7.05 Å². The van der Waals surface area contributed by atoms with Crippen LogP contribution in [0, 0.1) is 13.8 Å². The highest BCUT2D eigenvalue weighted by molar-refractivity contribution is 7.99. The third-order valence-corrected chi connectivity index (χ3v) is 6.12. The minimum Gasteiger partial charge on any atom is -0.482 e. The third-order valence-electron chi connectivity index (χ3n) is 5.10. The van der Waals surface area contributed by atoms with Gasteiger partial charge in [-0.2, -0.15) is 0 Å². The van der Waals surface area contributed by atoms with Crippen LogP contribution in [0.1, 0.15) is 48.5 Å². The number of hydrogen-bond acceptors (Lipinski definition) is 5. The summed E-state index contributed by atoms with van der Waals surface area (Å²) in [6.45, 7) is 8.04. The summed E-state index contributed by atoms with van der Waals surface area (Å²) in [6, 6.07) is 15.9. The zero-order chi connectivity index (χ0) is 21.7. The van der Waals surface area contributed by atoms with E-state index in [1.54, 1.807) is 0 Å². The largest absolute Gasteiger partial charge is 0.482 e. The van der Waals surface area contributed by atoms with Crippen LogP contribution in [0.4, 0.5) is 0 Å². The molecule has 0 spiro atoms. The predicted octanol–water partition coefficient (Wildman–Crippen LogP) is 4.54. The van der Waals surface area contributed by atoms with Gasteiger partial charge in [-0.05, 0) is 50.5 Å². The van der Waals surface area contributed by atoms with Gasteiger partial charge in [-0.25, -0.2) is 0 Å². The van der Waals surface area contributed by atoms with Crippen LogP contribution in [0.25, 0.3) is 0 Å². The average Bonchev–Trinajstić information content (AvgIpc) is 3.11. The van der Waals surface area contributed by atoms with Crippen LogP contribution in [-0.2, 0) is 11.8 Å². The second kappa shape index (κ2) is 9.80. The van der Waals surface area contributed by atoms with Crippen molar-refractivity contribution in [2.45, 2.75) is 45.0 Å². The van der Waals surface area contributed by atoms with Crippen LogP contribution < -0.4 is 10.1 Å². The Labute approximate surface area is 182 Å². The van der Waals surface area contributed by atoms with Crippen LogP contribution in [0.2, 0.25) is 0 Å². The van der Waals surface area contributed by atoms with Gasteiger partial charge in [0.15, 0.2) is 17.1 Å². The molecule has 2 atom stereocenters. The molecule has 1 N–H and O–H groups in total. The van der Waals surface area contributed by atoms with E-state index in [9.17, 15) is 4.79 Å². The Bertz CT molecular complexity index is 1000. The van der Waals surface area contributed by atoms with Gasteiger partial charge in [0.2, 0.25) is 5.91 Å². The quantitative estimate of drug-likeness (QED) is 0.538. The molecular formula is C23H28N4O2S. The maximum atomic E-state index is 12.3. The standard InChI is InChI=1S/C23H28N4O2S/c1-15-10-9-13-20(16(15)2)29-18(4)22-25-26-23(27(22)5)30-14-21(28)24-17(3)19-11-7-6-8-12-19/h6-13,17-18H,14H2,1-5H3,(H,24,28). The summed E-state index contributed by atoms with van der Waals surface area (Å²) in [7, 11) is 1.89. The van der Waals surface area contributed by atoms with E-state index in [1.165, 1.54) is 17.3 Å². The monoisotopic (exact) mass is 424 g/mol. The Morgan fingerprint density at radius 3 is 2.57 bits per heavy atom. The lowest BCUT2D eigenvalue weighted by Gasteiger charge is -2.17. The van der Waals surface area contributed by atoms with E-state index < -0.39 is 0 Å². The molecule has 3 rings (SSSR count). The third kappa shape index (κ3) is 5.21. The molecule has 1 heterocycles. The van der Waals surface area contributed by atoms with Gasteiger partial charge >= 0.3 is 0 Å². The van der Waals surface area contributed by atoms with Crippen molar-refractivity contribution >= 4 is 17.7 Å². The number of amides is 1. The fourth-order valence-corrected chi connectivity index (χ4v) is 3.87. The Morgan fingerprint density at radius 1 is 1.10 bits per heavy atom. The van der Waals surface area contributed by atoms with Crippen molar-refractivity contribution in [2.24, 2.45) is 7.05 Å². The summed E-state index contributed by atoms with van der Waals surface area (Å²) in [5.41, 5.74) is 3.38. The van der Waals surface area contributed by atoms with Crippen LogP contribution in [0.5, 0.6) is 5.75 Å². The molecule has 1 amide bonds. The first kappa shape index (κ1) is 21.9. The fraction of sp³-hybridized carbons (Fsp3) is 0.348. The van der Waals surface area contributed by atoms with Crippen molar-refractivity contribution in [3.63, 3.8) is 0 Å². The van der Waals surface area contributed by atoms with Crippen molar-refractivity contribution < 1.29 is 9.53 Å². The number of aromatic nitrogens is 3. The van der Waals surface area contributed by atoms with Gasteiger partial charge in [-0.1, -0.05) is 54.2 Å². The number of aryl methyl sites for hydroxylation is 1. The summed E-state index contributed by atoms with van der Waals surface area (Å²) in [5.74, 6) is 1.79. The SMILES string of the molecule is Cc1cccc(OC(C)c2nnc(SCC(=O)NC(C)c3ccccc3)n2C)c1C. The van der Waals surface area contributed by atoms with Gasteiger partial charge in [-0.15, -0.1) is 10.2 Å². The first-order valence-corrected chi connectivity index (χ1v) is 10.9. The molecule has 0 bridgehead atoms.